The van der Waals surface area contributed by atoms with Gasteiger partial charge in [-0.3, -0.25) is 14.4 Å². The van der Waals surface area contributed by atoms with Gasteiger partial charge in [0.25, 0.3) is 11.8 Å². The molecule has 0 spiro atoms. The Morgan fingerprint density at radius 1 is 0.896 bits per heavy atom. The molecule has 2 aromatic carbocycles. The van der Waals surface area contributed by atoms with E-state index in [-0.39, 0.29) is 25.3 Å². The molecule has 0 saturated heterocycles. The number of carbonyl (C=O) groups excluding carboxylic acids is 4. The van der Waals surface area contributed by atoms with Crippen LogP contribution in [0.4, 0.5) is 4.79 Å². The predicted molar refractivity (Wildman–Crippen MR) is 190 cm³/mol. The normalized spacial score (nSPS) is 14.8. The zero-order valence-electron chi connectivity index (χ0n) is 29.2. The average molecular weight is 732 g/mol. The summed E-state index contributed by atoms with van der Waals surface area (Å²) in [7, 11) is 1.24. The summed E-state index contributed by atoms with van der Waals surface area (Å²) in [5.74, 6) is -1.44. The van der Waals surface area contributed by atoms with Gasteiger partial charge in [0.05, 0.1) is 13.7 Å². The van der Waals surface area contributed by atoms with Crippen molar-refractivity contribution in [3.8, 4) is 0 Å². The van der Waals surface area contributed by atoms with Gasteiger partial charge in [0.1, 0.15) is 24.2 Å². The van der Waals surface area contributed by atoms with E-state index in [2.05, 4.69) is 43.9 Å². The van der Waals surface area contributed by atoms with Crippen LogP contribution in [-0.2, 0) is 32.1 Å². The fourth-order valence-electron chi connectivity index (χ4n) is 5.17. The van der Waals surface area contributed by atoms with Crippen molar-refractivity contribution in [2.45, 2.75) is 85.0 Å². The van der Waals surface area contributed by atoms with Gasteiger partial charge in [0.2, 0.25) is 5.91 Å². The van der Waals surface area contributed by atoms with Crippen LogP contribution in [0, 0.1) is 10.8 Å². The quantitative estimate of drug-likeness (QED) is 0.115. The fraction of sp³-hybridized carbons (Fsp3) is 0.500. The molecule has 2 aromatic rings. The molecule has 0 bridgehead atoms. The molecule has 1 unspecified atom stereocenters. The van der Waals surface area contributed by atoms with E-state index in [9.17, 15) is 24.3 Å². The Hall–Kier alpha value is -3.74. The third-order valence-electron chi connectivity index (χ3n) is 7.86. The summed E-state index contributed by atoms with van der Waals surface area (Å²) in [5, 5.41) is 20.9. The van der Waals surface area contributed by atoms with E-state index in [1.54, 1.807) is 6.08 Å². The molecule has 0 radical (unpaired) electrons. The van der Waals surface area contributed by atoms with Gasteiger partial charge >= 0.3 is 6.09 Å². The monoisotopic (exact) mass is 730 g/mol. The molecule has 12 heteroatoms. The smallest absolute Gasteiger partial charge is 0.407 e. The number of rotatable bonds is 16. The molecular formula is C36H53BrN5O6+. The van der Waals surface area contributed by atoms with Crippen LogP contribution in [0.1, 0.15) is 65.5 Å². The predicted octanol–water partition coefficient (Wildman–Crippen LogP) is 3.22. The number of hydrogen-bond acceptors (Lipinski definition) is 6. The number of benzene rings is 2. The van der Waals surface area contributed by atoms with Crippen LogP contribution >= 0.6 is 15.9 Å². The van der Waals surface area contributed by atoms with Gasteiger partial charge in [-0.05, 0) is 34.9 Å². The summed E-state index contributed by atoms with van der Waals surface area (Å²) in [6, 6.07) is 15.1. The molecule has 0 aromatic heterocycles. The second-order valence-corrected chi connectivity index (χ2v) is 15.1. The number of amides is 4. The first kappa shape index (κ1) is 40.4. The molecule has 4 atom stereocenters. The maximum atomic E-state index is 13.9. The van der Waals surface area contributed by atoms with Crippen molar-refractivity contribution in [1.29, 1.82) is 0 Å². The average Bonchev–Trinajstić information content (AvgIpc) is 3.01. The van der Waals surface area contributed by atoms with E-state index in [4.69, 9.17) is 4.74 Å². The molecule has 0 heterocycles. The van der Waals surface area contributed by atoms with Gasteiger partial charge in [0, 0.05) is 29.4 Å². The summed E-state index contributed by atoms with van der Waals surface area (Å²) >= 11 is 3.45. The summed E-state index contributed by atoms with van der Waals surface area (Å²) < 4.78 is 5.67. The zero-order valence-corrected chi connectivity index (χ0v) is 30.8. The lowest BCUT2D eigenvalue weighted by molar-refractivity contribution is -0.950. The molecule has 0 fully saturated rings. The lowest BCUT2D eigenvalue weighted by Crippen LogP contribution is -3.18. The van der Waals surface area contributed by atoms with Gasteiger partial charge in [-0.2, -0.15) is 0 Å². The molecule has 264 valence electrons. The number of aliphatic hydroxyl groups is 1. The highest BCUT2D eigenvalue weighted by Gasteiger charge is 2.41. The van der Waals surface area contributed by atoms with Crippen molar-refractivity contribution in [1.82, 2.24) is 21.4 Å². The summed E-state index contributed by atoms with van der Waals surface area (Å²) in [4.78, 5) is 52.6. The molecule has 0 saturated carbocycles. The lowest BCUT2D eigenvalue weighted by atomic mass is 9.84. The van der Waals surface area contributed by atoms with E-state index in [1.807, 2.05) is 96.1 Å². The minimum absolute atomic E-state index is 0.0222. The van der Waals surface area contributed by atoms with E-state index in [0.29, 0.717) is 24.5 Å². The van der Waals surface area contributed by atoms with E-state index >= 15 is 0 Å². The Morgan fingerprint density at radius 3 is 2.02 bits per heavy atom. The van der Waals surface area contributed by atoms with Crippen molar-refractivity contribution in [2.75, 3.05) is 20.2 Å². The third kappa shape index (κ3) is 13.0. The van der Waals surface area contributed by atoms with Gasteiger partial charge in [-0.25, -0.2) is 15.2 Å². The van der Waals surface area contributed by atoms with Crippen LogP contribution in [0.3, 0.4) is 0 Å². The molecule has 6 N–H and O–H groups in total. The highest BCUT2D eigenvalue weighted by Crippen LogP contribution is 2.24. The summed E-state index contributed by atoms with van der Waals surface area (Å²) in [5.41, 5.74) is 1.58. The van der Waals surface area contributed by atoms with E-state index in [0.717, 1.165) is 15.6 Å². The number of carbonyl (C=O) groups is 4. The minimum atomic E-state index is -1.86. The van der Waals surface area contributed by atoms with Gasteiger partial charge in [-0.15, -0.1) is 6.58 Å². The maximum Gasteiger partial charge on any atom is 0.407 e. The number of ether oxygens (including phenoxy) is 1. The highest BCUT2D eigenvalue weighted by molar-refractivity contribution is 9.10. The van der Waals surface area contributed by atoms with E-state index < -0.39 is 46.4 Å². The first-order valence-electron chi connectivity index (χ1n) is 16.1. The van der Waals surface area contributed by atoms with Crippen LogP contribution in [0.2, 0.25) is 0 Å². The third-order valence-corrected chi connectivity index (χ3v) is 8.39. The Kier molecular flexibility index (Phi) is 15.3. The van der Waals surface area contributed by atoms with Crippen molar-refractivity contribution in [3.05, 3.63) is 82.9 Å². The number of methoxy groups -OCH3 is 1. The first-order valence-corrected chi connectivity index (χ1v) is 16.9. The first-order chi connectivity index (χ1) is 22.4. The maximum absolute atomic E-state index is 13.9. The Labute approximate surface area is 293 Å². The van der Waals surface area contributed by atoms with Gasteiger partial charge < -0.3 is 25.8 Å². The topological polar surface area (TPSA) is 150 Å². The Bertz CT molecular complexity index is 1370. The lowest BCUT2D eigenvalue weighted by Gasteiger charge is -2.35. The molecule has 11 nitrogen and oxygen atoms in total. The molecule has 0 aliphatic heterocycles. The molecule has 0 aliphatic rings. The van der Waals surface area contributed by atoms with Gasteiger partial charge in [-0.1, -0.05) is 106 Å². The van der Waals surface area contributed by atoms with Crippen LogP contribution in [0.5, 0.6) is 0 Å². The van der Waals surface area contributed by atoms with Crippen LogP contribution in [-0.4, -0.2) is 66.8 Å². The molecule has 2 rings (SSSR count). The summed E-state index contributed by atoms with van der Waals surface area (Å²) in [6.07, 6.45) is 1.23. The highest BCUT2D eigenvalue weighted by atomic mass is 79.9. The number of halogens is 1. The van der Waals surface area contributed by atoms with Crippen molar-refractivity contribution < 1.29 is 34.0 Å². The molecular weight excluding hydrogens is 678 g/mol. The largest absolute Gasteiger partial charge is 0.453 e. The number of quaternary nitrogens is 1. The molecule has 0 aliphatic carbocycles. The SMILES string of the molecule is C=CCNC(=O)[C@@H](NC(=O)[C@@](O)(CCC[NH+](Cc1ccc(Br)cc1)NC(=O)[C@@H](NC(=O)OC)C(C)(C)C)Cc1ccccc1)C(C)(C)C. The Balaban J connectivity index is 2.36. The van der Waals surface area contributed by atoms with Crippen molar-refractivity contribution in [3.63, 3.8) is 0 Å². The number of hydrogen-bond donors (Lipinski definition) is 6. The fourth-order valence-corrected chi connectivity index (χ4v) is 5.43. The number of alkyl carbamates (subject to hydrolysis) is 1. The van der Waals surface area contributed by atoms with Gasteiger partial charge in [0.15, 0.2) is 0 Å². The van der Waals surface area contributed by atoms with Crippen molar-refractivity contribution in [2.24, 2.45) is 10.8 Å². The zero-order chi connectivity index (χ0) is 36.1. The molecule has 48 heavy (non-hydrogen) atoms. The standard InChI is InChI=1S/C36H52BrN5O6/c1-9-21-38-30(43)28(34(2,3)4)39-32(45)36(47,23-25-14-11-10-12-15-25)20-13-22-42(24-26-16-18-27(37)19-17-26)41-31(44)29(35(5,6)7)40-33(46)48-8/h9-12,14-19,28-29,47H,1,13,20-24H2,2-8H3,(H,38,43)(H,39,45)(H,40,46)(H,41,44)/p+1/t28-,29-,36-/m1/s1. The summed E-state index contributed by atoms with van der Waals surface area (Å²) in [6.45, 7) is 15.7. The van der Waals surface area contributed by atoms with Crippen LogP contribution in [0.15, 0.2) is 71.7 Å². The number of nitrogens with one attached hydrogen (secondary N) is 5. The Morgan fingerprint density at radius 2 is 1.48 bits per heavy atom. The molecule has 4 amide bonds. The van der Waals surface area contributed by atoms with E-state index in [1.165, 1.54) is 7.11 Å². The minimum Gasteiger partial charge on any atom is -0.453 e. The second kappa shape index (κ2) is 18.1. The van der Waals surface area contributed by atoms with Crippen molar-refractivity contribution >= 4 is 39.7 Å². The van der Waals surface area contributed by atoms with Crippen LogP contribution < -0.4 is 26.4 Å². The van der Waals surface area contributed by atoms with Crippen LogP contribution in [0.25, 0.3) is 0 Å². The second-order valence-electron chi connectivity index (χ2n) is 14.2.